The third-order valence-electron chi connectivity index (χ3n) is 2.54. The third kappa shape index (κ3) is 2.27. The molecule has 2 N–H and O–H groups in total. The van der Waals surface area contributed by atoms with Crippen LogP contribution >= 0.6 is 0 Å². The van der Waals surface area contributed by atoms with Gasteiger partial charge in [-0.3, -0.25) is 0 Å². The maximum atomic E-state index is 9.06. The first-order valence-electron chi connectivity index (χ1n) is 5.15. The molecule has 1 aliphatic rings. The average Bonchev–Trinajstić information content (AvgIpc) is 2.33. The molecule has 15 heavy (non-hydrogen) atoms. The van der Waals surface area contributed by atoms with E-state index in [1.807, 2.05) is 30.3 Å². The van der Waals surface area contributed by atoms with Crippen LogP contribution < -0.4 is 5.32 Å². The first-order valence-corrected chi connectivity index (χ1v) is 5.15. The highest BCUT2D eigenvalue weighted by molar-refractivity contribution is 5.98. The number of benzene rings is 1. The van der Waals surface area contributed by atoms with Crippen molar-refractivity contribution in [2.75, 3.05) is 26.2 Å². The molecule has 0 radical (unpaired) electrons. The zero-order valence-corrected chi connectivity index (χ0v) is 8.56. The number of piperazine rings is 1. The van der Waals surface area contributed by atoms with E-state index < -0.39 is 0 Å². The van der Waals surface area contributed by atoms with E-state index in [1.165, 1.54) is 0 Å². The Kier molecular flexibility index (Phi) is 3.19. The van der Waals surface area contributed by atoms with Crippen molar-refractivity contribution in [3.05, 3.63) is 35.9 Å². The molecule has 0 atom stereocenters. The van der Waals surface area contributed by atoms with Crippen LogP contribution in [-0.4, -0.2) is 42.1 Å². The van der Waals surface area contributed by atoms with E-state index in [0.29, 0.717) is 5.84 Å². The molecule has 2 rings (SSSR count). The molecular formula is C11H15N3O. The van der Waals surface area contributed by atoms with Crippen LogP contribution in [0.15, 0.2) is 35.5 Å². The quantitative estimate of drug-likeness (QED) is 0.307. The molecule has 0 saturated carbocycles. The van der Waals surface area contributed by atoms with Gasteiger partial charge in [-0.25, -0.2) is 0 Å². The largest absolute Gasteiger partial charge is 0.409 e. The van der Waals surface area contributed by atoms with Gasteiger partial charge in [0.15, 0.2) is 5.84 Å². The van der Waals surface area contributed by atoms with Crippen LogP contribution in [0.4, 0.5) is 0 Å². The Labute approximate surface area is 89.2 Å². The minimum Gasteiger partial charge on any atom is -0.409 e. The molecule has 0 aliphatic carbocycles. The molecule has 80 valence electrons. The molecule has 1 aromatic rings. The predicted molar refractivity (Wildman–Crippen MR) is 59.2 cm³/mol. The zero-order chi connectivity index (χ0) is 10.5. The monoisotopic (exact) mass is 205 g/mol. The summed E-state index contributed by atoms with van der Waals surface area (Å²) in [6, 6.07) is 9.76. The minimum absolute atomic E-state index is 0.664. The highest BCUT2D eigenvalue weighted by Crippen LogP contribution is 2.06. The number of amidine groups is 1. The lowest BCUT2D eigenvalue weighted by Crippen LogP contribution is -2.46. The second-order valence-corrected chi connectivity index (χ2v) is 3.53. The van der Waals surface area contributed by atoms with Gasteiger partial charge in [-0.15, -0.1) is 0 Å². The maximum absolute atomic E-state index is 9.06. The number of hydrogen-bond acceptors (Lipinski definition) is 3. The summed E-state index contributed by atoms with van der Waals surface area (Å²) in [4.78, 5) is 2.09. The molecule has 0 amide bonds. The summed E-state index contributed by atoms with van der Waals surface area (Å²) in [5.41, 5.74) is 0.960. The molecule has 0 spiro atoms. The number of nitrogens with zero attached hydrogens (tertiary/aromatic N) is 2. The summed E-state index contributed by atoms with van der Waals surface area (Å²) in [6.45, 7) is 3.64. The van der Waals surface area contributed by atoms with Crippen LogP contribution in [0.3, 0.4) is 0 Å². The number of rotatable bonds is 1. The summed E-state index contributed by atoms with van der Waals surface area (Å²) in [5.74, 6) is 0.664. The highest BCUT2D eigenvalue weighted by atomic mass is 16.4. The van der Waals surface area contributed by atoms with Gasteiger partial charge in [0, 0.05) is 31.7 Å². The topological polar surface area (TPSA) is 47.9 Å². The Morgan fingerprint density at radius 1 is 1.20 bits per heavy atom. The fraction of sp³-hybridized carbons (Fsp3) is 0.364. The fourth-order valence-corrected chi connectivity index (χ4v) is 1.77. The van der Waals surface area contributed by atoms with Crippen LogP contribution in [0.1, 0.15) is 5.56 Å². The Hall–Kier alpha value is -1.55. The Morgan fingerprint density at radius 2 is 1.87 bits per heavy atom. The van der Waals surface area contributed by atoms with E-state index in [-0.39, 0.29) is 0 Å². The van der Waals surface area contributed by atoms with Crippen LogP contribution in [0.5, 0.6) is 0 Å². The van der Waals surface area contributed by atoms with Gasteiger partial charge in [-0.2, -0.15) is 0 Å². The summed E-state index contributed by atoms with van der Waals surface area (Å²) in [5, 5.41) is 15.7. The van der Waals surface area contributed by atoms with Gasteiger partial charge in [0.2, 0.25) is 0 Å². The normalized spacial score (nSPS) is 17.9. The van der Waals surface area contributed by atoms with E-state index in [1.54, 1.807) is 0 Å². The third-order valence-corrected chi connectivity index (χ3v) is 2.54. The van der Waals surface area contributed by atoms with Crippen LogP contribution in [0.25, 0.3) is 0 Å². The summed E-state index contributed by atoms with van der Waals surface area (Å²) in [7, 11) is 0. The Bertz CT molecular complexity index is 331. The Morgan fingerprint density at radius 3 is 2.47 bits per heavy atom. The van der Waals surface area contributed by atoms with Gasteiger partial charge < -0.3 is 15.4 Å². The molecule has 1 saturated heterocycles. The van der Waals surface area contributed by atoms with Crippen LogP contribution in [0.2, 0.25) is 0 Å². The number of oxime groups is 1. The smallest absolute Gasteiger partial charge is 0.175 e. The molecule has 0 unspecified atom stereocenters. The predicted octanol–water partition coefficient (Wildman–Crippen LogP) is 0.728. The van der Waals surface area contributed by atoms with Crippen molar-refractivity contribution in [1.82, 2.24) is 10.2 Å². The molecule has 1 aromatic carbocycles. The van der Waals surface area contributed by atoms with Crippen molar-refractivity contribution in [2.45, 2.75) is 0 Å². The maximum Gasteiger partial charge on any atom is 0.175 e. The molecule has 1 fully saturated rings. The van der Waals surface area contributed by atoms with Crippen molar-refractivity contribution >= 4 is 5.84 Å². The molecule has 4 nitrogen and oxygen atoms in total. The van der Waals surface area contributed by atoms with Gasteiger partial charge in [0.1, 0.15) is 0 Å². The molecule has 4 heteroatoms. The van der Waals surface area contributed by atoms with Crippen molar-refractivity contribution < 1.29 is 5.21 Å². The molecular weight excluding hydrogens is 190 g/mol. The minimum atomic E-state index is 0.664. The lowest BCUT2D eigenvalue weighted by atomic mass is 10.2. The van der Waals surface area contributed by atoms with Crippen molar-refractivity contribution in [2.24, 2.45) is 5.16 Å². The number of nitrogens with one attached hydrogen (secondary N) is 1. The first kappa shape index (κ1) is 9.98. The second-order valence-electron chi connectivity index (χ2n) is 3.53. The van der Waals surface area contributed by atoms with Gasteiger partial charge in [-0.1, -0.05) is 35.5 Å². The van der Waals surface area contributed by atoms with E-state index in [9.17, 15) is 0 Å². The van der Waals surface area contributed by atoms with Gasteiger partial charge in [0.25, 0.3) is 0 Å². The van der Waals surface area contributed by atoms with Crippen LogP contribution in [-0.2, 0) is 0 Å². The molecule has 1 heterocycles. The first-order chi connectivity index (χ1) is 7.42. The fourth-order valence-electron chi connectivity index (χ4n) is 1.77. The standard InChI is InChI=1S/C11H15N3O/c15-13-11(10-4-2-1-3-5-10)14-8-6-12-7-9-14/h1-5,12,15H,6-9H2/b13-11-. The Balaban J connectivity index is 2.17. The van der Waals surface area contributed by atoms with Crippen molar-refractivity contribution in [1.29, 1.82) is 0 Å². The van der Waals surface area contributed by atoms with Crippen molar-refractivity contribution in [3.63, 3.8) is 0 Å². The van der Waals surface area contributed by atoms with Crippen molar-refractivity contribution in [3.8, 4) is 0 Å². The SMILES string of the molecule is O/N=C(/c1ccccc1)N1CCNCC1. The van der Waals surface area contributed by atoms with E-state index in [0.717, 1.165) is 31.7 Å². The van der Waals surface area contributed by atoms with E-state index in [4.69, 9.17) is 5.21 Å². The van der Waals surface area contributed by atoms with Gasteiger partial charge >= 0.3 is 0 Å². The summed E-state index contributed by atoms with van der Waals surface area (Å²) in [6.07, 6.45) is 0. The molecule has 1 aliphatic heterocycles. The summed E-state index contributed by atoms with van der Waals surface area (Å²) < 4.78 is 0. The van der Waals surface area contributed by atoms with Gasteiger partial charge in [-0.05, 0) is 0 Å². The zero-order valence-electron chi connectivity index (χ0n) is 8.56. The van der Waals surface area contributed by atoms with E-state index >= 15 is 0 Å². The van der Waals surface area contributed by atoms with E-state index in [2.05, 4.69) is 15.4 Å². The lowest BCUT2D eigenvalue weighted by molar-refractivity contribution is 0.290. The molecule has 0 aromatic heterocycles. The average molecular weight is 205 g/mol. The number of hydrogen-bond donors (Lipinski definition) is 2. The second kappa shape index (κ2) is 4.79. The summed E-state index contributed by atoms with van der Waals surface area (Å²) >= 11 is 0. The van der Waals surface area contributed by atoms with Gasteiger partial charge in [0.05, 0.1) is 0 Å². The molecule has 0 bridgehead atoms. The lowest BCUT2D eigenvalue weighted by Gasteiger charge is -2.29. The highest BCUT2D eigenvalue weighted by Gasteiger charge is 2.16. The van der Waals surface area contributed by atoms with Crippen LogP contribution in [0, 0.1) is 0 Å².